The minimum Gasteiger partial charge on any atom is -0.376 e. The predicted octanol–water partition coefficient (Wildman–Crippen LogP) is 5.23. The van der Waals surface area contributed by atoms with Gasteiger partial charge in [-0.2, -0.15) is 0 Å². The number of thiophene rings is 1. The third-order valence-electron chi connectivity index (χ3n) is 2.29. The second-order valence-electron chi connectivity index (χ2n) is 3.48. The van der Waals surface area contributed by atoms with Gasteiger partial charge in [0, 0.05) is 4.88 Å². The van der Waals surface area contributed by atoms with Gasteiger partial charge in [-0.3, -0.25) is 0 Å². The Balaban J connectivity index is 2.18. The van der Waals surface area contributed by atoms with Crippen LogP contribution in [0.1, 0.15) is 17.8 Å². The van der Waals surface area contributed by atoms with Crippen LogP contribution in [0.15, 0.2) is 35.7 Å². The molecule has 0 aliphatic rings. The first-order chi connectivity index (χ1) is 7.68. The topological polar surface area (TPSA) is 12.0 Å². The fourth-order valence-electron chi connectivity index (χ4n) is 1.46. The molecule has 2 rings (SSSR count). The van der Waals surface area contributed by atoms with Crippen molar-refractivity contribution in [3.05, 3.63) is 50.6 Å². The molecule has 0 amide bonds. The van der Waals surface area contributed by atoms with Gasteiger partial charge in [0.2, 0.25) is 0 Å². The molecule has 0 saturated carbocycles. The Morgan fingerprint density at radius 3 is 2.69 bits per heavy atom. The lowest BCUT2D eigenvalue weighted by atomic mass is 10.2. The lowest BCUT2D eigenvalue weighted by molar-refractivity contribution is 0.908. The van der Waals surface area contributed by atoms with Crippen molar-refractivity contribution in [2.75, 3.05) is 5.32 Å². The van der Waals surface area contributed by atoms with E-state index in [0.717, 1.165) is 5.69 Å². The van der Waals surface area contributed by atoms with E-state index in [4.69, 9.17) is 23.2 Å². The van der Waals surface area contributed by atoms with Crippen LogP contribution >= 0.6 is 34.5 Å². The molecule has 4 heteroatoms. The molecule has 1 aromatic carbocycles. The maximum absolute atomic E-state index is 6.11. The van der Waals surface area contributed by atoms with Crippen molar-refractivity contribution in [1.29, 1.82) is 0 Å². The van der Waals surface area contributed by atoms with E-state index in [0.29, 0.717) is 10.0 Å². The molecule has 0 spiro atoms. The summed E-state index contributed by atoms with van der Waals surface area (Å²) in [6, 6.07) is 9.97. The molecule has 0 saturated heterocycles. The molecule has 0 radical (unpaired) electrons. The summed E-state index contributed by atoms with van der Waals surface area (Å²) in [5, 5.41) is 6.56. The number of rotatable bonds is 3. The molecular formula is C12H11Cl2NS. The van der Waals surface area contributed by atoms with Crippen LogP contribution < -0.4 is 5.32 Å². The first kappa shape index (κ1) is 11.8. The highest BCUT2D eigenvalue weighted by molar-refractivity contribution is 7.10. The minimum atomic E-state index is 0.232. The van der Waals surface area contributed by atoms with Crippen LogP contribution in [0.4, 0.5) is 5.69 Å². The van der Waals surface area contributed by atoms with Crippen LogP contribution in [0.3, 0.4) is 0 Å². The maximum atomic E-state index is 6.11. The zero-order chi connectivity index (χ0) is 11.5. The number of hydrogen-bond donors (Lipinski definition) is 1. The molecule has 0 fully saturated rings. The summed E-state index contributed by atoms with van der Waals surface area (Å²) in [5.74, 6) is 0. The zero-order valence-electron chi connectivity index (χ0n) is 8.71. The van der Waals surface area contributed by atoms with E-state index in [9.17, 15) is 0 Å². The smallest absolute Gasteiger partial charge is 0.0823 e. The van der Waals surface area contributed by atoms with E-state index >= 15 is 0 Å². The molecule has 16 heavy (non-hydrogen) atoms. The van der Waals surface area contributed by atoms with Crippen LogP contribution in [0.5, 0.6) is 0 Å². The fourth-order valence-corrected chi connectivity index (χ4v) is 2.55. The van der Waals surface area contributed by atoms with Crippen molar-refractivity contribution >= 4 is 40.2 Å². The summed E-state index contributed by atoms with van der Waals surface area (Å²) in [6.45, 7) is 2.10. The molecule has 0 aliphatic heterocycles. The molecule has 2 aromatic rings. The second-order valence-corrected chi connectivity index (χ2v) is 5.25. The van der Waals surface area contributed by atoms with Crippen LogP contribution in [0.2, 0.25) is 10.0 Å². The van der Waals surface area contributed by atoms with E-state index in [1.165, 1.54) is 4.88 Å². The van der Waals surface area contributed by atoms with Crippen LogP contribution in [-0.4, -0.2) is 0 Å². The van der Waals surface area contributed by atoms with Crippen molar-refractivity contribution < 1.29 is 0 Å². The predicted molar refractivity (Wildman–Crippen MR) is 72.8 cm³/mol. The van der Waals surface area contributed by atoms with Gasteiger partial charge in [-0.15, -0.1) is 11.3 Å². The van der Waals surface area contributed by atoms with Gasteiger partial charge in [-0.05, 0) is 30.5 Å². The van der Waals surface area contributed by atoms with E-state index in [2.05, 4.69) is 23.7 Å². The molecule has 1 atom stereocenters. The normalized spacial score (nSPS) is 12.4. The Labute approximate surface area is 109 Å². The molecule has 0 aliphatic carbocycles. The molecule has 84 valence electrons. The molecule has 1 N–H and O–H groups in total. The van der Waals surface area contributed by atoms with Crippen molar-refractivity contribution in [3.63, 3.8) is 0 Å². The molecule has 0 bridgehead atoms. The number of hydrogen-bond acceptors (Lipinski definition) is 2. The highest BCUT2D eigenvalue weighted by Gasteiger charge is 2.09. The van der Waals surface area contributed by atoms with Crippen molar-refractivity contribution in [1.82, 2.24) is 0 Å². The van der Waals surface area contributed by atoms with Gasteiger partial charge in [-0.25, -0.2) is 0 Å². The average molecular weight is 272 g/mol. The molecule has 1 nitrogen and oxygen atoms in total. The Bertz CT molecular complexity index is 468. The standard InChI is InChI=1S/C12H11Cl2NS/c1-8(11-6-3-7-16-11)15-10-5-2-4-9(13)12(10)14/h2-8,15H,1H3. The van der Waals surface area contributed by atoms with Crippen LogP contribution in [0, 0.1) is 0 Å². The van der Waals surface area contributed by atoms with Crippen LogP contribution in [-0.2, 0) is 0 Å². The van der Waals surface area contributed by atoms with Gasteiger partial charge in [-0.1, -0.05) is 35.3 Å². The molecule has 1 unspecified atom stereocenters. The first-order valence-electron chi connectivity index (χ1n) is 4.92. The Morgan fingerprint density at radius 1 is 1.19 bits per heavy atom. The highest BCUT2D eigenvalue weighted by atomic mass is 35.5. The van der Waals surface area contributed by atoms with Gasteiger partial charge in [0.25, 0.3) is 0 Å². The van der Waals surface area contributed by atoms with E-state index < -0.39 is 0 Å². The third-order valence-corrected chi connectivity index (χ3v) is 4.17. The summed E-state index contributed by atoms with van der Waals surface area (Å²) in [5.41, 5.74) is 0.870. The van der Waals surface area contributed by atoms with Gasteiger partial charge in [0.15, 0.2) is 0 Å². The number of nitrogens with one attached hydrogen (secondary N) is 1. The summed E-state index contributed by atoms with van der Waals surface area (Å²) >= 11 is 13.8. The van der Waals surface area contributed by atoms with Gasteiger partial charge in [0.1, 0.15) is 0 Å². The zero-order valence-corrected chi connectivity index (χ0v) is 11.0. The summed E-state index contributed by atoms with van der Waals surface area (Å²) in [7, 11) is 0. The largest absolute Gasteiger partial charge is 0.376 e. The van der Waals surface area contributed by atoms with Crippen molar-refractivity contribution in [2.45, 2.75) is 13.0 Å². The Kier molecular flexibility index (Phi) is 3.74. The summed E-state index contributed by atoms with van der Waals surface area (Å²) in [6.07, 6.45) is 0. The SMILES string of the molecule is CC(Nc1cccc(Cl)c1Cl)c1cccs1. The lowest BCUT2D eigenvalue weighted by Crippen LogP contribution is -2.05. The molecular weight excluding hydrogens is 261 g/mol. The summed E-state index contributed by atoms with van der Waals surface area (Å²) in [4.78, 5) is 1.27. The second kappa shape index (κ2) is 5.09. The van der Waals surface area contributed by atoms with Crippen LogP contribution in [0.25, 0.3) is 0 Å². The lowest BCUT2D eigenvalue weighted by Gasteiger charge is -2.15. The van der Waals surface area contributed by atoms with Gasteiger partial charge < -0.3 is 5.32 Å². The Morgan fingerprint density at radius 2 is 2.00 bits per heavy atom. The molecule has 1 heterocycles. The summed E-state index contributed by atoms with van der Waals surface area (Å²) < 4.78 is 0. The number of benzene rings is 1. The fraction of sp³-hybridized carbons (Fsp3) is 0.167. The highest BCUT2D eigenvalue weighted by Crippen LogP contribution is 2.32. The average Bonchev–Trinajstić information content (AvgIpc) is 2.78. The van der Waals surface area contributed by atoms with E-state index in [1.54, 1.807) is 17.4 Å². The third kappa shape index (κ3) is 2.51. The van der Waals surface area contributed by atoms with Crippen molar-refractivity contribution in [3.8, 4) is 0 Å². The maximum Gasteiger partial charge on any atom is 0.0823 e. The van der Waals surface area contributed by atoms with E-state index in [1.807, 2.05) is 18.2 Å². The van der Waals surface area contributed by atoms with E-state index in [-0.39, 0.29) is 6.04 Å². The number of halogens is 2. The minimum absolute atomic E-state index is 0.232. The number of anilines is 1. The van der Waals surface area contributed by atoms with Crippen molar-refractivity contribution in [2.24, 2.45) is 0 Å². The molecule has 1 aromatic heterocycles. The quantitative estimate of drug-likeness (QED) is 0.806. The Hall–Kier alpha value is -0.700. The van der Waals surface area contributed by atoms with Gasteiger partial charge in [0.05, 0.1) is 21.8 Å². The van der Waals surface area contributed by atoms with Gasteiger partial charge >= 0.3 is 0 Å². The monoisotopic (exact) mass is 271 g/mol. The first-order valence-corrected chi connectivity index (χ1v) is 6.56.